The van der Waals surface area contributed by atoms with E-state index in [1.165, 1.54) is 61.0 Å². The Hall–Kier alpha value is -2.29. The molecule has 2 rings (SSSR count). The zero-order chi connectivity index (χ0) is 23.2. The molecule has 2 aromatic rings. The number of anilines is 2. The Morgan fingerprint density at radius 2 is 0.875 bits per heavy atom. The summed E-state index contributed by atoms with van der Waals surface area (Å²) < 4.78 is 0. The number of ketones is 1. The standard InChI is InChI=1S/C29H44N2O/c1-30(2)27-21-17-25(18-22-27)13-9-5-7-11-15-29(32)16-12-8-6-10-14-26-19-23-28(24-20-26)31(3)4/h17-24H,5-16H2,1-4H3. The van der Waals surface area contributed by atoms with Crippen LogP contribution in [0.25, 0.3) is 0 Å². The maximum absolute atomic E-state index is 12.1. The van der Waals surface area contributed by atoms with Crippen LogP contribution in [-0.4, -0.2) is 34.0 Å². The molecule has 0 saturated carbocycles. The van der Waals surface area contributed by atoms with Gasteiger partial charge in [0.15, 0.2) is 0 Å². The van der Waals surface area contributed by atoms with E-state index in [-0.39, 0.29) is 0 Å². The highest BCUT2D eigenvalue weighted by molar-refractivity contribution is 5.78. The second kappa shape index (κ2) is 14.7. The fourth-order valence-corrected chi connectivity index (χ4v) is 4.06. The van der Waals surface area contributed by atoms with Gasteiger partial charge in [-0.3, -0.25) is 4.79 Å². The van der Waals surface area contributed by atoms with Gasteiger partial charge in [-0.25, -0.2) is 0 Å². The van der Waals surface area contributed by atoms with E-state index in [9.17, 15) is 4.79 Å². The van der Waals surface area contributed by atoms with Gasteiger partial charge in [-0.1, -0.05) is 49.9 Å². The van der Waals surface area contributed by atoms with Gasteiger partial charge in [0, 0.05) is 52.4 Å². The lowest BCUT2D eigenvalue weighted by atomic mass is 10.0. The predicted octanol–water partition coefficient (Wildman–Crippen LogP) is 7.07. The molecular weight excluding hydrogens is 392 g/mol. The molecule has 2 aromatic carbocycles. The fourth-order valence-electron chi connectivity index (χ4n) is 4.06. The fraction of sp³-hybridized carbons (Fsp3) is 0.552. The Kier molecular flexibility index (Phi) is 11.9. The topological polar surface area (TPSA) is 23.6 Å². The Morgan fingerprint density at radius 3 is 1.22 bits per heavy atom. The highest BCUT2D eigenvalue weighted by Crippen LogP contribution is 2.17. The zero-order valence-electron chi connectivity index (χ0n) is 20.9. The molecule has 32 heavy (non-hydrogen) atoms. The first-order valence-electron chi connectivity index (χ1n) is 12.5. The van der Waals surface area contributed by atoms with Crippen LogP contribution in [0.3, 0.4) is 0 Å². The number of hydrogen-bond acceptors (Lipinski definition) is 3. The third-order valence-electron chi connectivity index (χ3n) is 6.25. The maximum Gasteiger partial charge on any atom is 0.132 e. The summed E-state index contributed by atoms with van der Waals surface area (Å²) in [5.41, 5.74) is 5.33. The van der Waals surface area contributed by atoms with Crippen molar-refractivity contribution in [1.82, 2.24) is 0 Å². The van der Waals surface area contributed by atoms with Crippen LogP contribution >= 0.6 is 0 Å². The van der Waals surface area contributed by atoms with Crippen LogP contribution in [0, 0.1) is 0 Å². The quantitative estimate of drug-likeness (QED) is 0.263. The average Bonchev–Trinajstić information content (AvgIpc) is 2.79. The number of Topliss-reactive ketones (excluding diaryl/α,β-unsaturated/α-hetero) is 1. The number of nitrogens with zero attached hydrogens (tertiary/aromatic N) is 2. The summed E-state index contributed by atoms with van der Waals surface area (Å²) in [7, 11) is 8.29. The van der Waals surface area contributed by atoms with E-state index in [1.807, 2.05) is 0 Å². The smallest absolute Gasteiger partial charge is 0.132 e. The van der Waals surface area contributed by atoms with Crippen molar-refractivity contribution in [3.8, 4) is 0 Å². The first-order valence-corrected chi connectivity index (χ1v) is 12.5. The van der Waals surface area contributed by atoms with E-state index >= 15 is 0 Å². The Morgan fingerprint density at radius 1 is 0.531 bits per heavy atom. The van der Waals surface area contributed by atoms with Crippen LogP contribution < -0.4 is 9.80 Å². The molecule has 3 nitrogen and oxygen atoms in total. The second-order valence-corrected chi connectivity index (χ2v) is 9.49. The monoisotopic (exact) mass is 436 g/mol. The summed E-state index contributed by atoms with van der Waals surface area (Å²) in [6.07, 6.45) is 13.2. The van der Waals surface area contributed by atoms with Crippen molar-refractivity contribution in [2.24, 2.45) is 0 Å². The van der Waals surface area contributed by atoms with E-state index in [2.05, 4.69) is 86.5 Å². The maximum atomic E-state index is 12.1. The van der Waals surface area contributed by atoms with Crippen molar-refractivity contribution >= 4 is 17.2 Å². The van der Waals surface area contributed by atoms with Gasteiger partial charge in [-0.15, -0.1) is 0 Å². The van der Waals surface area contributed by atoms with E-state index in [0.717, 1.165) is 38.5 Å². The number of unbranched alkanes of at least 4 members (excludes halogenated alkanes) is 6. The minimum atomic E-state index is 0.462. The summed E-state index contributed by atoms with van der Waals surface area (Å²) in [6, 6.07) is 17.7. The largest absolute Gasteiger partial charge is 0.378 e. The number of carbonyl (C=O) groups is 1. The molecule has 0 spiro atoms. The van der Waals surface area contributed by atoms with Crippen LogP contribution in [0.5, 0.6) is 0 Å². The highest BCUT2D eigenvalue weighted by atomic mass is 16.1. The van der Waals surface area contributed by atoms with Gasteiger partial charge in [0.25, 0.3) is 0 Å². The molecule has 0 fully saturated rings. The van der Waals surface area contributed by atoms with Gasteiger partial charge in [0.1, 0.15) is 5.78 Å². The molecule has 0 heterocycles. The minimum absolute atomic E-state index is 0.462. The number of carbonyl (C=O) groups excluding carboxylic acids is 1. The van der Waals surface area contributed by atoms with Gasteiger partial charge in [-0.05, 0) is 73.9 Å². The molecule has 0 aliphatic carbocycles. The molecule has 0 atom stereocenters. The summed E-state index contributed by atoms with van der Waals surface area (Å²) >= 11 is 0. The normalized spacial score (nSPS) is 10.9. The number of aryl methyl sites for hydroxylation is 2. The molecule has 0 bridgehead atoms. The van der Waals surface area contributed by atoms with Gasteiger partial charge in [0.2, 0.25) is 0 Å². The second-order valence-electron chi connectivity index (χ2n) is 9.49. The van der Waals surface area contributed by atoms with Crippen molar-refractivity contribution in [1.29, 1.82) is 0 Å². The van der Waals surface area contributed by atoms with E-state index in [0.29, 0.717) is 5.78 Å². The first kappa shape index (κ1) is 26.0. The molecule has 0 aromatic heterocycles. The van der Waals surface area contributed by atoms with Crippen LogP contribution in [-0.2, 0) is 17.6 Å². The van der Waals surface area contributed by atoms with E-state index < -0.39 is 0 Å². The first-order chi connectivity index (χ1) is 15.5. The SMILES string of the molecule is CN(C)c1ccc(CCCCCCC(=O)CCCCCCc2ccc(N(C)C)cc2)cc1. The van der Waals surface area contributed by atoms with Crippen LogP contribution in [0.2, 0.25) is 0 Å². The van der Waals surface area contributed by atoms with Crippen molar-refractivity contribution in [2.45, 2.75) is 77.0 Å². The third kappa shape index (κ3) is 10.3. The third-order valence-corrected chi connectivity index (χ3v) is 6.25. The molecule has 0 radical (unpaired) electrons. The number of rotatable bonds is 16. The van der Waals surface area contributed by atoms with E-state index in [1.54, 1.807) is 0 Å². The Balaban J connectivity index is 1.42. The predicted molar refractivity (Wildman–Crippen MR) is 140 cm³/mol. The molecule has 0 aliphatic rings. The summed E-state index contributed by atoms with van der Waals surface area (Å²) in [5, 5.41) is 0. The lowest BCUT2D eigenvalue weighted by Gasteiger charge is -2.12. The number of benzene rings is 2. The average molecular weight is 437 g/mol. The highest BCUT2D eigenvalue weighted by Gasteiger charge is 2.03. The Bertz CT molecular complexity index is 697. The lowest BCUT2D eigenvalue weighted by Crippen LogP contribution is -2.08. The Labute approximate surface area is 196 Å². The molecule has 0 unspecified atom stereocenters. The van der Waals surface area contributed by atoms with Gasteiger partial charge < -0.3 is 9.80 Å². The van der Waals surface area contributed by atoms with Gasteiger partial charge in [0.05, 0.1) is 0 Å². The summed E-state index contributed by atoms with van der Waals surface area (Å²) in [6.45, 7) is 0. The van der Waals surface area contributed by atoms with Crippen LogP contribution in [0.1, 0.15) is 75.3 Å². The molecule has 0 N–H and O–H groups in total. The minimum Gasteiger partial charge on any atom is -0.378 e. The van der Waals surface area contributed by atoms with Crippen molar-refractivity contribution in [3.05, 3.63) is 59.7 Å². The number of hydrogen-bond donors (Lipinski definition) is 0. The summed E-state index contributed by atoms with van der Waals surface area (Å²) in [4.78, 5) is 16.4. The molecule has 0 aliphatic heterocycles. The van der Waals surface area contributed by atoms with E-state index in [4.69, 9.17) is 0 Å². The van der Waals surface area contributed by atoms with Gasteiger partial charge >= 0.3 is 0 Å². The van der Waals surface area contributed by atoms with Gasteiger partial charge in [-0.2, -0.15) is 0 Å². The molecule has 176 valence electrons. The molecule has 0 saturated heterocycles. The van der Waals surface area contributed by atoms with Crippen molar-refractivity contribution in [3.63, 3.8) is 0 Å². The van der Waals surface area contributed by atoms with Crippen molar-refractivity contribution in [2.75, 3.05) is 38.0 Å². The van der Waals surface area contributed by atoms with Crippen molar-refractivity contribution < 1.29 is 4.79 Å². The molecule has 3 heteroatoms. The zero-order valence-corrected chi connectivity index (χ0v) is 20.9. The molecular formula is C29H44N2O. The lowest BCUT2D eigenvalue weighted by molar-refractivity contribution is -0.119. The van der Waals surface area contributed by atoms with Crippen LogP contribution in [0.15, 0.2) is 48.5 Å². The summed E-state index contributed by atoms with van der Waals surface area (Å²) in [5.74, 6) is 0.462. The molecule has 0 amide bonds. The van der Waals surface area contributed by atoms with Crippen LogP contribution in [0.4, 0.5) is 11.4 Å².